The number of hydrogen-bond acceptors (Lipinski definition) is 5. The Morgan fingerprint density at radius 3 is 2.80 bits per heavy atom. The number of anilines is 1. The van der Waals surface area contributed by atoms with Gasteiger partial charge in [0.2, 0.25) is 11.9 Å². The van der Waals surface area contributed by atoms with Crippen LogP contribution in [0, 0.1) is 0 Å². The fraction of sp³-hybridized carbons (Fsp3) is 0.353. The van der Waals surface area contributed by atoms with E-state index >= 15 is 0 Å². The summed E-state index contributed by atoms with van der Waals surface area (Å²) in [6.45, 7) is 5.95. The molecule has 1 aliphatic rings. The van der Waals surface area contributed by atoms with Gasteiger partial charge in [-0.2, -0.15) is 0 Å². The predicted octanol–water partition coefficient (Wildman–Crippen LogP) is 2.92. The van der Waals surface area contributed by atoms with Crippen molar-refractivity contribution in [2.75, 3.05) is 30.3 Å². The topological polar surface area (TPSA) is 63.1 Å². The zero-order chi connectivity index (χ0) is 17.6. The van der Waals surface area contributed by atoms with Gasteiger partial charge in [0.25, 0.3) is 0 Å². The Morgan fingerprint density at radius 1 is 1.32 bits per heavy atom. The first kappa shape index (κ1) is 17.8. The normalized spacial score (nSPS) is 13.9. The summed E-state index contributed by atoms with van der Waals surface area (Å²) in [6.07, 6.45) is 3.93. The Bertz CT molecular complexity index is 757. The molecular formula is C17H20ClN5OS. The van der Waals surface area contributed by atoms with E-state index in [1.807, 2.05) is 28.8 Å². The van der Waals surface area contributed by atoms with Gasteiger partial charge in [-0.15, -0.1) is 16.8 Å². The number of rotatable bonds is 7. The second-order valence-electron chi connectivity index (χ2n) is 5.64. The number of benzene rings is 1. The molecule has 1 amide bonds. The second kappa shape index (κ2) is 8.40. The molecule has 6 nitrogen and oxygen atoms in total. The minimum Gasteiger partial charge on any atom is -0.352 e. The van der Waals surface area contributed by atoms with E-state index in [0.717, 1.165) is 37.6 Å². The third kappa shape index (κ3) is 4.16. The summed E-state index contributed by atoms with van der Waals surface area (Å²) in [4.78, 5) is 14.1. The zero-order valence-electron chi connectivity index (χ0n) is 13.8. The summed E-state index contributed by atoms with van der Waals surface area (Å²) >= 11 is 7.75. The van der Waals surface area contributed by atoms with Crippen LogP contribution in [0.3, 0.4) is 0 Å². The molecule has 0 saturated carbocycles. The summed E-state index contributed by atoms with van der Waals surface area (Å²) in [5.41, 5.74) is 0.824. The van der Waals surface area contributed by atoms with Gasteiger partial charge >= 0.3 is 0 Å². The van der Waals surface area contributed by atoms with Crippen LogP contribution in [0.4, 0.5) is 5.95 Å². The van der Waals surface area contributed by atoms with Crippen LogP contribution in [0.5, 0.6) is 0 Å². The highest BCUT2D eigenvalue weighted by molar-refractivity contribution is 7.99. The van der Waals surface area contributed by atoms with Crippen LogP contribution in [0.25, 0.3) is 5.69 Å². The van der Waals surface area contributed by atoms with Gasteiger partial charge in [-0.3, -0.25) is 9.36 Å². The Labute approximate surface area is 156 Å². The first-order valence-electron chi connectivity index (χ1n) is 8.16. The highest BCUT2D eigenvalue weighted by atomic mass is 35.5. The van der Waals surface area contributed by atoms with Crippen LogP contribution in [0.2, 0.25) is 5.02 Å². The number of carbonyl (C=O) groups is 1. The van der Waals surface area contributed by atoms with Crippen molar-refractivity contribution in [3.8, 4) is 5.69 Å². The van der Waals surface area contributed by atoms with Gasteiger partial charge in [-0.25, -0.2) is 0 Å². The standard InChI is InChI=1S/C17H20ClN5OS/c1-2-9-19-15(24)12-25-17-21-20-16(22-10-5-6-11-22)23(17)14-8-4-3-7-13(14)18/h2-4,7-8H,1,5-6,9-12H2,(H,19,24). The number of nitrogens with zero attached hydrogens (tertiary/aromatic N) is 4. The number of aromatic nitrogens is 3. The summed E-state index contributed by atoms with van der Waals surface area (Å²) in [5.74, 6) is 0.970. The van der Waals surface area contributed by atoms with E-state index in [4.69, 9.17) is 11.6 Å². The molecule has 0 atom stereocenters. The van der Waals surface area contributed by atoms with Crippen molar-refractivity contribution in [2.24, 2.45) is 0 Å². The maximum atomic E-state index is 11.9. The Morgan fingerprint density at radius 2 is 2.08 bits per heavy atom. The van der Waals surface area contributed by atoms with Crippen LogP contribution in [-0.4, -0.2) is 46.1 Å². The van der Waals surface area contributed by atoms with E-state index in [9.17, 15) is 4.79 Å². The van der Waals surface area contributed by atoms with Gasteiger partial charge in [-0.05, 0) is 25.0 Å². The lowest BCUT2D eigenvalue weighted by molar-refractivity contribution is -0.118. The lowest BCUT2D eigenvalue weighted by Crippen LogP contribution is -2.25. The summed E-state index contributed by atoms with van der Waals surface area (Å²) in [5, 5.41) is 12.7. The molecule has 1 aromatic heterocycles. The van der Waals surface area contributed by atoms with Crippen molar-refractivity contribution in [3.05, 3.63) is 41.9 Å². The van der Waals surface area contributed by atoms with Crippen molar-refractivity contribution in [1.82, 2.24) is 20.1 Å². The van der Waals surface area contributed by atoms with Gasteiger partial charge in [0.05, 0.1) is 16.5 Å². The zero-order valence-corrected chi connectivity index (χ0v) is 15.4. The molecule has 132 valence electrons. The second-order valence-corrected chi connectivity index (χ2v) is 6.99. The molecule has 8 heteroatoms. The first-order valence-corrected chi connectivity index (χ1v) is 9.52. The smallest absolute Gasteiger partial charge is 0.232 e. The van der Waals surface area contributed by atoms with Crippen LogP contribution in [0.1, 0.15) is 12.8 Å². The van der Waals surface area contributed by atoms with E-state index in [1.54, 1.807) is 6.08 Å². The molecule has 0 bridgehead atoms. The Balaban J connectivity index is 1.89. The minimum absolute atomic E-state index is 0.0682. The number of carbonyl (C=O) groups excluding carboxylic acids is 1. The number of halogens is 1. The molecule has 0 aliphatic carbocycles. The quantitative estimate of drug-likeness (QED) is 0.593. The van der Waals surface area contributed by atoms with E-state index in [-0.39, 0.29) is 11.7 Å². The van der Waals surface area contributed by atoms with Crippen molar-refractivity contribution in [1.29, 1.82) is 0 Å². The van der Waals surface area contributed by atoms with E-state index in [1.165, 1.54) is 11.8 Å². The van der Waals surface area contributed by atoms with Crippen molar-refractivity contribution in [2.45, 2.75) is 18.0 Å². The van der Waals surface area contributed by atoms with Crippen LogP contribution >= 0.6 is 23.4 Å². The highest BCUT2D eigenvalue weighted by Crippen LogP contribution is 2.31. The first-order chi connectivity index (χ1) is 12.2. The van der Waals surface area contributed by atoms with Crippen LogP contribution in [-0.2, 0) is 4.79 Å². The molecule has 1 fully saturated rings. The van der Waals surface area contributed by atoms with E-state index < -0.39 is 0 Å². The van der Waals surface area contributed by atoms with Crippen molar-refractivity contribution >= 4 is 35.2 Å². The number of nitrogens with one attached hydrogen (secondary N) is 1. The average molecular weight is 378 g/mol. The molecule has 25 heavy (non-hydrogen) atoms. The van der Waals surface area contributed by atoms with Gasteiger partial charge in [0.1, 0.15) is 0 Å². The lowest BCUT2D eigenvalue weighted by atomic mass is 10.3. The molecule has 2 aromatic rings. The molecule has 2 heterocycles. The fourth-order valence-corrected chi connectivity index (χ4v) is 3.68. The minimum atomic E-state index is -0.0682. The molecule has 1 aliphatic heterocycles. The SMILES string of the molecule is C=CCNC(=O)CSc1nnc(N2CCCC2)n1-c1ccccc1Cl. The van der Waals surface area contributed by atoms with E-state index in [0.29, 0.717) is 16.7 Å². The largest absolute Gasteiger partial charge is 0.352 e. The lowest BCUT2D eigenvalue weighted by Gasteiger charge is -2.19. The number of para-hydroxylation sites is 1. The summed E-state index contributed by atoms with van der Waals surface area (Å²) in [7, 11) is 0. The monoisotopic (exact) mass is 377 g/mol. The molecule has 0 unspecified atom stereocenters. The Kier molecular flexibility index (Phi) is 5.99. The average Bonchev–Trinajstić information content (AvgIpc) is 3.27. The number of hydrogen-bond donors (Lipinski definition) is 1. The van der Waals surface area contributed by atoms with E-state index in [2.05, 4.69) is 27.0 Å². The number of thioether (sulfide) groups is 1. The predicted molar refractivity (Wildman–Crippen MR) is 102 cm³/mol. The van der Waals surface area contributed by atoms with Gasteiger partial charge in [0, 0.05) is 19.6 Å². The van der Waals surface area contributed by atoms with Gasteiger partial charge in [-0.1, -0.05) is 41.6 Å². The van der Waals surface area contributed by atoms with Crippen molar-refractivity contribution < 1.29 is 4.79 Å². The third-order valence-electron chi connectivity index (χ3n) is 3.87. The maximum Gasteiger partial charge on any atom is 0.232 e. The molecule has 0 radical (unpaired) electrons. The molecule has 1 aromatic carbocycles. The van der Waals surface area contributed by atoms with Gasteiger partial charge in [0.15, 0.2) is 5.16 Å². The highest BCUT2D eigenvalue weighted by Gasteiger charge is 2.23. The van der Waals surface area contributed by atoms with Crippen LogP contribution < -0.4 is 10.2 Å². The third-order valence-corrected chi connectivity index (χ3v) is 5.12. The summed E-state index contributed by atoms with van der Waals surface area (Å²) < 4.78 is 1.94. The molecule has 1 N–H and O–H groups in total. The Hall–Kier alpha value is -1.99. The molecule has 0 spiro atoms. The molecule has 3 rings (SSSR count). The summed E-state index contributed by atoms with van der Waals surface area (Å²) in [6, 6.07) is 7.60. The van der Waals surface area contributed by atoms with Crippen molar-refractivity contribution in [3.63, 3.8) is 0 Å². The van der Waals surface area contributed by atoms with Gasteiger partial charge < -0.3 is 10.2 Å². The molecule has 1 saturated heterocycles. The number of amides is 1. The maximum absolute atomic E-state index is 11.9. The molecular weight excluding hydrogens is 358 g/mol. The fourth-order valence-electron chi connectivity index (χ4n) is 2.69. The van der Waals surface area contributed by atoms with Crippen LogP contribution in [0.15, 0.2) is 42.1 Å².